The summed E-state index contributed by atoms with van der Waals surface area (Å²) in [5.41, 5.74) is 3.93. The zero-order valence-electron chi connectivity index (χ0n) is 9.33. The first-order valence-corrected chi connectivity index (χ1v) is 6.31. The fourth-order valence-corrected chi connectivity index (χ4v) is 2.24. The van der Waals surface area contributed by atoms with Crippen LogP contribution in [0.5, 0.6) is 0 Å². The minimum absolute atomic E-state index is 0.556. The molecule has 4 N–H and O–H groups in total. The predicted molar refractivity (Wildman–Crippen MR) is 58.0 cm³/mol. The van der Waals surface area contributed by atoms with Crippen LogP contribution in [0.2, 0.25) is 0 Å². The van der Waals surface area contributed by atoms with Crippen LogP contribution in [0, 0.1) is 11.6 Å². The van der Waals surface area contributed by atoms with Gasteiger partial charge in [-0.3, -0.25) is 0 Å². The van der Waals surface area contributed by atoms with Gasteiger partial charge < -0.3 is 10.8 Å². The normalized spacial score (nSPS) is 12.7. The van der Waals surface area contributed by atoms with Crippen molar-refractivity contribution in [1.82, 2.24) is 4.72 Å². The standard InChI is InChI=1S/C9H10F4N2O3S/c10-5-1-2-6(7(11)8(5)14)19(17,18)15-3-9(12,13)4-16/h1-2,15-16H,3-4,14H2. The first-order valence-electron chi connectivity index (χ1n) is 4.82. The van der Waals surface area contributed by atoms with Gasteiger partial charge in [-0.05, 0) is 12.1 Å². The molecular weight excluding hydrogens is 292 g/mol. The molecule has 0 aliphatic rings. The van der Waals surface area contributed by atoms with E-state index in [4.69, 9.17) is 10.8 Å². The SMILES string of the molecule is Nc1c(F)ccc(S(=O)(=O)NCC(F)(F)CO)c1F. The number of nitrogens with two attached hydrogens (primary N) is 1. The molecule has 0 heterocycles. The molecule has 0 fully saturated rings. The summed E-state index contributed by atoms with van der Waals surface area (Å²) in [4.78, 5) is -1.06. The van der Waals surface area contributed by atoms with Crippen molar-refractivity contribution in [3.63, 3.8) is 0 Å². The summed E-state index contributed by atoms with van der Waals surface area (Å²) in [5.74, 6) is -6.44. The highest BCUT2D eigenvalue weighted by Gasteiger charge is 2.31. The lowest BCUT2D eigenvalue weighted by Gasteiger charge is -2.14. The van der Waals surface area contributed by atoms with E-state index in [1.54, 1.807) is 0 Å². The molecule has 1 aromatic carbocycles. The summed E-state index contributed by atoms with van der Waals surface area (Å²) in [7, 11) is -4.64. The van der Waals surface area contributed by atoms with E-state index in [9.17, 15) is 26.0 Å². The van der Waals surface area contributed by atoms with Crippen LogP contribution in [-0.4, -0.2) is 32.6 Å². The number of rotatable bonds is 5. The van der Waals surface area contributed by atoms with E-state index in [0.717, 1.165) is 0 Å². The number of benzene rings is 1. The average molecular weight is 302 g/mol. The van der Waals surface area contributed by atoms with Crippen molar-refractivity contribution in [3.05, 3.63) is 23.8 Å². The van der Waals surface area contributed by atoms with E-state index in [1.165, 1.54) is 4.72 Å². The summed E-state index contributed by atoms with van der Waals surface area (Å²) in [6, 6.07) is 1.15. The molecule has 0 aliphatic carbocycles. The Hall–Kier alpha value is -1.39. The van der Waals surface area contributed by atoms with Gasteiger partial charge in [-0.15, -0.1) is 0 Å². The number of nitrogens with one attached hydrogen (secondary N) is 1. The van der Waals surface area contributed by atoms with Gasteiger partial charge in [0.2, 0.25) is 10.0 Å². The molecule has 0 bridgehead atoms. The number of hydrogen-bond donors (Lipinski definition) is 3. The minimum atomic E-state index is -4.64. The van der Waals surface area contributed by atoms with Crippen molar-refractivity contribution in [3.8, 4) is 0 Å². The molecule has 1 aromatic rings. The van der Waals surface area contributed by atoms with Gasteiger partial charge in [0.25, 0.3) is 5.92 Å². The first-order chi connectivity index (χ1) is 8.60. The number of nitrogen functional groups attached to an aromatic ring is 1. The molecule has 0 aliphatic heterocycles. The summed E-state index contributed by atoms with van der Waals surface area (Å²) in [6.45, 7) is -3.01. The third-order valence-corrected chi connectivity index (χ3v) is 3.55. The number of sulfonamides is 1. The Labute approximate surface area is 106 Å². The van der Waals surface area contributed by atoms with Crippen molar-refractivity contribution in [2.45, 2.75) is 10.8 Å². The lowest BCUT2D eigenvalue weighted by Crippen LogP contribution is -2.39. The third kappa shape index (κ3) is 3.55. The Morgan fingerprint density at radius 2 is 1.89 bits per heavy atom. The lowest BCUT2D eigenvalue weighted by atomic mass is 10.3. The summed E-state index contributed by atoms with van der Waals surface area (Å²) < 4.78 is 76.1. The van der Waals surface area contributed by atoms with E-state index < -0.39 is 51.3 Å². The molecule has 19 heavy (non-hydrogen) atoms. The Kier molecular flexibility index (Phi) is 4.38. The molecule has 0 saturated heterocycles. The van der Waals surface area contributed by atoms with Gasteiger partial charge in [0.05, 0.1) is 6.54 Å². The van der Waals surface area contributed by atoms with E-state index in [1.807, 2.05) is 0 Å². The van der Waals surface area contributed by atoms with Crippen LogP contribution in [0.1, 0.15) is 0 Å². The predicted octanol–water partition coefficient (Wildman–Crippen LogP) is 0.453. The molecule has 10 heteroatoms. The molecule has 108 valence electrons. The number of hydrogen-bond acceptors (Lipinski definition) is 4. The Morgan fingerprint density at radius 1 is 1.32 bits per heavy atom. The van der Waals surface area contributed by atoms with Crippen molar-refractivity contribution in [2.24, 2.45) is 0 Å². The van der Waals surface area contributed by atoms with Crippen molar-refractivity contribution in [2.75, 3.05) is 18.9 Å². The highest BCUT2D eigenvalue weighted by Crippen LogP contribution is 2.23. The van der Waals surface area contributed by atoms with Crippen LogP contribution in [-0.2, 0) is 10.0 Å². The zero-order chi connectivity index (χ0) is 14.8. The number of aliphatic hydroxyl groups is 1. The van der Waals surface area contributed by atoms with E-state index in [2.05, 4.69) is 0 Å². The van der Waals surface area contributed by atoms with Crippen molar-refractivity contribution < 1.29 is 31.1 Å². The molecule has 0 radical (unpaired) electrons. The van der Waals surface area contributed by atoms with Gasteiger partial charge >= 0.3 is 0 Å². The molecule has 0 spiro atoms. The van der Waals surface area contributed by atoms with Crippen LogP contribution in [0.25, 0.3) is 0 Å². The largest absolute Gasteiger partial charge is 0.394 e. The molecule has 5 nitrogen and oxygen atoms in total. The second-order valence-electron chi connectivity index (χ2n) is 3.61. The molecule has 1 rings (SSSR count). The molecule has 0 unspecified atom stereocenters. The minimum Gasteiger partial charge on any atom is -0.394 e. The molecular formula is C9H10F4N2O3S. The number of alkyl halides is 2. The monoisotopic (exact) mass is 302 g/mol. The molecule has 0 amide bonds. The maximum Gasteiger partial charge on any atom is 0.283 e. The summed E-state index contributed by atoms with van der Waals surface area (Å²) in [6.07, 6.45) is 0. The van der Waals surface area contributed by atoms with Gasteiger partial charge in [0.1, 0.15) is 23.0 Å². The summed E-state index contributed by atoms with van der Waals surface area (Å²) >= 11 is 0. The van der Waals surface area contributed by atoms with Crippen LogP contribution < -0.4 is 10.5 Å². The summed E-state index contributed by atoms with van der Waals surface area (Å²) in [5, 5.41) is 8.27. The third-order valence-electron chi connectivity index (χ3n) is 2.13. The molecule has 0 atom stereocenters. The van der Waals surface area contributed by atoms with E-state index in [0.29, 0.717) is 12.1 Å². The zero-order valence-corrected chi connectivity index (χ0v) is 10.1. The number of aliphatic hydroxyl groups excluding tert-OH is 1. The second-order valence-corrected chi connectivity index (χ2v) is 5.35. The van der Waals surface area contributed by atoms with Gasteiger partial charge in [-0.25, -0.2) is 30.7 Å². The Morgan fingerprint density at radius 3 is 2.42 bits per heavy atom. The highest BCUT2D eigenvalue weighted by atomic mass is 32.2. The van der Waals surface area contributed by atoms with E-state index in [-0.39, 0.29) is 0 Å². The highest BCUT2D eigenvalue weighted by molar-refractivity contribution is 7.89. The van der Waals surface area contributed by atoms with Crippen molar-refractivity contribution >= 4 is 15.7 Å². The Balaban J connectivity index is 3.06. The van der Waals surface area contributed by atoms with Crippen molar-refractivity contribution in [1.29, 1.82) is 0 Å². The lowest BCUT2D eigenvalue weighted by molar-refractivity contribution is -0.0437. The molecule has 0 saturated carbocycles. The Bertz CT molecular complexity index is 577. The van der Waals surface area contributed by atoms with Crippen LogP contribution in [0.15, 0.2) is 17.0 Å². The van der Waals surface area contributed by atoms with Crippen LogP contribution in [0.4, 0.5) is 23.2 Å². The van der Waals surface area contributed by atoms with Crippen LogP contribution >= 0.6 is 0 Å². The van der Waals surface area contributed by atoms with E-state index >= 15 is 0 Å². The second kappa shape index (κ2) is 5.31. The number of anilines is 1. The molecule has 0 aromatic heterocycles. The topological polar surface area (TPSA) is 92.4 Å². The first kappa shape index (κ1) is 15.7. The van der Waals surface area contributed by atoms with Gasteiger partial charge in [-0.2, -0.15) is 0 Å². The van der Waals surface area contributed by atoms with Gasteiger partial charge in [0.15, 0.2) is 5.82 Å². The quantitative estimate of drug-likeness (QED) is 0.544. The average Bonchev–Trinajstić information content (AvgIpc) is 2.34. The van der Waals surface area contributed by atoms with Gasteiger partial charge in [0, 0.05) is 0 Å². The fourth-order valence-electron chi connectivity index (χ4n) is 1.09. The van der Waals surface area contributed by atoms with Gasteiger partial charge in [-0.1, -0.05) is 0 Å². The maximum atomic E-state index is 13.4. The van der Waals surface area contributed by atoms with Crippen LogP contribution in [0.3, 0.4) is 0 Å². The number of halogens is 4. The maximum absolute atomic E-state index is 13.4. The smallest absolute Gasteiger partial charge is 0.283 e. The fraction of sp³-hybridized carbons (Fsp3) is 0.333.